The Morgan fingerprint density at radius 2 is 1.24 bits per heavy atom. The van der Waals surface area contributed by atoms with Crippen molar-refractivity contribution in [3.05, 3.63) is 72.9 Å². The van der Waals surface area contributed by atoms with Crippen LogP contribution in [0.5, 0.6) is 0 Å². The van der Waals surface area contributed by atoms with Gasteiger partial charge >= 0.3 is 0 Å². The average Bonchev–Trinajstić information content (AvgIpc) is 2.96. The zero-order chi connectivity index (χ0) is 31.2. The summed E-state index contributed by atoms with van der Waals surface area (Å²) in [6, 6.07) is -2.22. The van der Waals surface area contributed by atoms with Crippen LogP contribution >= 0.6 is 0 Å². The van der Waals surface area contributed by atoms with Crippen LogP contribution in [0.25, 0.3) is 0 Å². The predicted molar refractivity (Wildman–Crippen MR) is 166 cm³/mol. The van der Waals surface area contributed by atoms with Crippen LogP contribution in [0.3, 0.4) is 0 Å². The molecule has 1 aliphatic rings. The molecule has 1 fully saturated rings. The summed E-state index contributed by atoms with van der Waals surface area (Å²) in [5.74, 6) is -1.19. The van der Waals surface area contributed by atoms with Crippen molar-refractivity contribution in [2.24, 2.45) is 5.92 Å². The van der Waals surface area contributed by atoms with Crippen LogP contribution in [-0.2, 0) is 14.3 Å². The molecular weight excluding hydrogens is 536 g/mol. The van der Waals surface area contributed by atoms with E-state index < -0.39 is 49.2 Å². The number of carbonyl (C=O) groups excluding carboxylic acids is 2. The highest BCUT2D eigenvalue weighted by atomic mass is 16.6. The maximum Gasteiger partial charge on any atom is 0.243 e. The van der Waals surface area contributed by atoms with Gasteiger partial charge in [-0.25, -0.2) is 0 Å². The second-order valence-electron chi connectivity index (χ2n) is 10.5. The highest BCUT2D eigenvalue weighted by Crippen LogP contribution is 2.20. The lowest BCUT2D eigenvalue weighted by atomic mass is 9.95. The van der Waals surface area contributed by atoms with Gasteiger partial charge < -0.3 is 35.8 Å². The topological polar surface area (TPSA) is 148 Å². The molecule has 0 spiro atoms. The molecule has 2 amide bonds. The molecule has 0 aromatic rings. The van der Waals surface area contributed by atoms with Crippen molar-refractivity contribution in [2.75, 3.05) is 6.61 Å². The van der Waals surface area contributed by atoms with Gasteiger partial charge in [0.1, 0.15) is 30.4 Å². The summed E-state index contributed by atoms with van der Waals surface area (Å²) in [5.41, 5.74) is 0. The van der Waals surface area contributed by atoms with Crippen molar-refractivity contribution >= 4 is 11.8 Å². The zero-order valence-electron chi connectivity index (χ0n) is 25.3. The van der Waals surface area contributed by atoms with Crippen LogP contribution in [0.4, 0.5) is 0 Å². The van der Waals surface area contributed by atoms with E-state index in [4.69, 9.17) is 4.74 Å². The maximum atomic E-state index is 12.8. The molecule has 236 valence electrons. The van der Waals surface area contributed by atoms with Crippen LogP contribution in [0.15, 0.2) is 72.9 Å². The Bertz CT molecular complexity index is 939. The van der Waals surface area contributed by atoms with Crippen molar-refractivity contribution in [3.63, 3.8) is 0 Å². The smallest absolute Gasteiger partial charge is 0.243 e. The van der Waals surface area contributed by atoms with E-state index in [0.29, 0.717) is 6.42 Å². The number of allylic oxidation sites excluding steroid dienone is 12. The van der Waals surface area contributed by atoms with E-state index in [-0.39, 0.29) is 18.2 Å². The number of amides is 2. The van der Waals surface area contributed by atoms with E-state index in [0.717, 1.165) is 38.5 Å². The van der Waals surface area contributed by atoms with Crippen LogP contribution in [0.2, 0.25) is 0 Å². The van der Waals surface area contributed by atoms with Crippen molar-refractivity contribution < 1.29 is 34.8 Å². The highest BCUT2D eigenvalue weighted by molar-refractivity contribution is 5.88. The predicted octanol–water partition coefficient (Wildman–Crippen LogP) is 3.52. The summed E-state index contributed by atoms with van der Waals surface area (Å²) in [5, 5.41) is 44.8. The number of nitrogens with one attached hydrogen (secondary N) is 2. The molecule has 1 rings (SSSR count). The van der Waals surface area contributed by atoms with Gasteiger partial charge in [-0.3, -0.25) is 9.59 Å². The van der Waals surface area contributed by atoms with Crippen LogP contribution in [0.1, 0.15) is 72.1 Å². The lowest BCUT2D eigenvalue weighted by Crippen LogP contribution is -2.66. The summed E-state index contributed by atoms with van der Waals surface area (Å²) in [6.07, 6.45) is 25.9. The molecule has 0 unspecified atom stereocenters. The van der Waals surface area contributed by atoms with Crippen molar-refractivity contribution in [3.8, 4) is 0 Å². The van der Waals surface area contributed by atoms with Crippen LogP contribution in [-0.4, -0.2) is 75.5 Å². The van der Waals surface area contributed by atoms with Gasteiger partial charge in [0, 0.05) is 6.42 Å². The number of aliphatic hydroxyl groups is 4. The Balaban J connectivity index is 2.29. The maximum absolute atomic E-state index is 12.8. The SMILES string of the molecule is CCC=CCC=CCC=CCC=CCC=CCC=CCCC(=O)N[C@H](C(=O)N[C@@H]1[C@@H](O)[C@H](O)[C@@H](CO)O[C@H]1O)C(C)C. The lowest BCUT2D eigenvalue weighted by molar-refractivity contribution is -0.254. The van der Waals surface area contributed by atoms with Gasteiger partial charge in [0.25, 0.3) is 0 Å². The Labute approximate surface area is 251 Å². The Morgan fingerprint density at radius 3 is 1.69 bits per heavy atom. The highest BCUT2D eigenvalue weighted by Gasteiger charge is 2.45. The van der Waals surface area contributed by atoms with Crippen molar-refractivity contribution in [2.45, 2.75) is 109 Å². The van der Waals surface area contributed by atoms with Crippen LogP contribution < -0.4 is 10.6 Å². The summed E-state index contributed by atoms with van der Waals surface area (Å²) in [7, 11) is 0. The van der Waals surface area contributed by atoms with Gasteiger partial charge in [-0.2, -0.15) is 0 Å². The fraction of sp³-hybridized carbons (Fsp3) is 0.576. The zero-order valence-corrected chi connectivity index (χ0v) is 25.3. The minimum absolute atomic E-state index is 0.202. The van der Waals surface area contributed by atoms with Gasteiger partial charge in [-0.1, -0.05) is 93.7 Å². The summed E-state index contributed by atoms with van der Waals surface area (Å²) >= 11 is 0. The van der Waals surface area contributed by atoms with E-state index in [2.05, 4.69) is 78.3 Å². The first kappa shape index (κ1) is 37.2. The third kappa shape index (κ3) is 15.4. The molecule has 0 aliphatic carbocycles. The first-order valence-electron chi connectivity index (χ1n) is 15.0. The molecule has 0 saturated carbocycles. The van der Waals surface area contributed by atoms with Gasteiger partial charge in [-0.05, 0) is 50.9 Å². The number of hydrogen-bond acceptors (Lipinski definition) is 7. The minimum Gasteiger partial charge on any atom is -0.394 e. The normalized spacial score (nSPS) is 24.3. The molecule has 6 atom stereocenters. The molecule has 1 saturated heterocycles. The Hall–Kier alpha value is -2.82. The van der Waals surface area contributed by atoms with E-state index in [9.17, 15) is 30.0 Å². The largest absolute Gasteiger partial charge is 0.394 e. The quantitative estimate of drug-likeness (QED) is 0.127. The second-order valence-corrected chi connectivity index (χ2v) is 10.5. The summed E-state index contributed by atoms with van der Waals surface area (Å²) in [4.78, 5) is 25.3. The molecule has 0 radical (unpaired) electrons. The second kappa shape index (κ2) is 22.7. The molecule has 1 heterocycles. The third-order valence-electron chi connectivity index (χ3n) is 6.61. The Kier molecular flexibility index (Phi) is 20.1. The number of carbonyl (C=O) groups is 2. The van der Waals surface area contributed by atoms with Gasteiger partial charge in [0.15, 0.2) is 6.29 Å². The molecule has 6 N–H and O–H groups in total. The van der Waals surface area contributed by atoms with Crippen LogP contribution in [0, 0.1) is 5.92 Å². The molecule has 9 nitrogen and oxygen atoms in total. The van der Waals surface area contributed by atoms with E-state index in [1.54, 1.807) is 13.8 Å². The summed E-state index contributed by atoms with van der Waals surface area (Å²) in [6.45, 7) is 5.05. The fourth-order valence-electron chi connectivity index (χ4n) is 4.14. The molecule has 0 aromatic heterocycles. The third-order valence-corrected chi connectivity index (χ3v) is 6.61. The molecule has 42 heavy (non-hydrogen) atoms. The first-order chi connectivity index (χ1) is 20.2. The van der Waals surface area contributed by atoms with Gasteiger partial charge in [-0.15, -0.1) is 0 Å². The van der Waals surface area contributed by atoms with Crippen molar-refractivity contribution in [1.29, 1.82) is 0 Å². The van der Waals surface area contributed by atoms with E-state index in [1.165, 1.54) is 0 Å². The molecular formula is C33H52N2O7. The first-order valence-corrected chi connectivity index (χ1v) is 15.0. The summed E-state index contributed by atoms with van der Waals surface area (Å²) < 4.78 is 5.07. The standard InChI is InChI=1S/C33H52N2O7/c1-4-5-6-7-8-9-10-11-12-13-14-15-16-17-18-19-20-21-22-23-27(37)34-28(25(2)3)32(40)35-29-31(39)30(38)26(24-36)42-33(29)41/h5-6,8-9,11-12,14-15,17-18,20-21,25-26,28-31,33,36,38-39,41H,4,7,10,13,16,19,22-24H2,1-3H3,(H,34,37)(H,35,40)/t26-,28+,29-,30-,31-,33-/m1/s1. The molecule has 9 heteroatoms. The number of rotatable bonds is 19. The molecule has 0 aromatic carbocycles. The van der Waals surface area contributed by atoms with E-state index >= 15 is 0 Å². The fourth-order valence-corrected chi connectivity index (χ4v) is 4.14. The number of ether oxygens (including phenoxy) is 1. The average molecular weight is 589 g/mol. The minimum atomic E-state index is -1.62. The van der Waals surface area contributed by atoms with Gasteiger partial charge in [0.2, 0.25) is 11.8 Å². The lowest BCUT2D eigenvalue weighted by Gasteiger charge is -2.40. The number of hydrogen-bond donors (Lipinski definition) is 6. The van der Waals surface area contributed by atoms with E-state index in [1.807, 2.05) is 12.2 Å². The van der Waals surface area contributed by atoms with Crippen molar-refractivity contribution in [1.82, 2.24) is 10.6 Å². The van der Waals surface area contributed by atoms with Gasteiger partial charge in [0.05, 0.1) is 6.61 Å². The molecule has 1 aliphatic heterocycles. The molecule has 0 bridgehead atoms. The monoisotopic (exact) mass is 588 g/mol. The number of aliphatic hydroxyl groups excluding tert-OH is 4. The Morgan fingerprint density at radius 1 is 0.762 bits per heavy atom.